The molecule has 1 aromatic heterocycles. The Morgan fingerprint density at radius 3 is 2.60 bits per heavy atom. The van der Waals surface area contributed by atoms with Gasteiger partial charge in [-0.15, -0.1) is 0 Å². The molecule has 20 heavy (non-hydrogen) atoms. The predicted octanol–water partition coefficient (Wildman–Crippen LogP) is 2.83. The van der Waals surface area contributed by atoms with Crippen LogP contribution in [-0.4, -0.2) is 9.97 Å². The molecular formula is C15H11N5. The summed E-state index contributed by atoms with van der Waals surface area (Å²) in [5, 5.41) is 11.9. The number of benzene rings is 2. The zero-order valence-electron chi connectivity index (χ0n) is 10.5. The second-order valence-electron chi connectivity index (χ2n) is 4.32. The number of nitriles is 1. The fourth-order valence-corrected chi connectivity index (χ4v) is 1.86. The Labute approximate surface area is 115 Å². The fourth-order valence-electron chi connectivity index (χ4n) is 1.86. The average Bonchev–Trinajstić information content (AvgIpc) is 2.47. The first-order valence-electron chi connectivity index (χ1n) is 6.04. The lowest BCUT2D eigenvalue weighted by atomic mass is 10.2. The van der Waals surface area contributed by atoms with Crippen LogP contribution >= 0.6 is 0 Å². The van der Waals surface area contributed by atoms with Crippen molar-refractivity contribution in [1.29, 1.82) is 5.26 Å². The molecule has 0 aliphatic heterocycles. The third-order valence-electron chi connectivity index (χ3n) is 2.85. The van der Waals surface area contributed by atoms with Crippen molar-refractivity contribution >= 4 is 28.2 Å². The molecule has 0 saturated heterocycles. The number of nitrogens with zero attached hydrogens (tertiary/aromatic N) is 3. The third-order valence-corrected chi connectivity index (χ3v) is 2.85. The topological polar surface area (TPSA) is 87.6 Å². The molecule has 5 heteroatoms. The lowest BCUT2D eigenvalue weighted by Crippen LogP contribution is -1.96. The highest BCUT2D eigenvalue weighted by atomic mass is 15.0. The summed E-state index contributed by atoms with van der Waals surface area (Å²) >= 11 is 0. The summed E-state index contributed by atoms with van der Waals surface area (Å²) in [5.74, 6) is 0.632. The lowest BCUT2D eigenvalue weighted by molar-refractivity contribution is 1.28. The van der Waals surface area contributed by atoms with Crippen LogP contribution < -0.4 is 11.1 Å². The van der Waals surface area contributed by atoms with Crippen molar-refractivity contribution < 1.29 is 0 Å². The van der Waals surface area contributed by atoms with Gasteiger partial charge in [-0.05, 0) is 42.5 Å². The SMILES string of the molecule is N#Cc1ccc(Nc2cnc3ccc(N)cc3n2)cc1. The van der Waals surface area contributed by atoms with Crippen LogP contribution in [0.3, 0.4) is 0 Å². The van der Waals surface area contributed by atoms with Crippen molar-refractivity contribution in [3.05, 3.63) is 54.2 Å². The number of nitrogens with one attached hydrogen (secondary N) is 1. The van der Waals surface area contributed by atoms with Crippen molar-refractivity contribution in [2.24, 2.45) is 0 Å². The van der Waals surface area contributed by atoms with E-state index < -0.39 is 0 Å². The van der Waals surface area contributed by atoms with E-state index in [0.717, 1.165) is 16.7 Å². The highest BCUT2D eigenvalue weighted by molar-refractivity contribution is 5.79. The Hall–Kier alpha value is -3.13. The van der Waals surface area contributed by atoms with E-state index in [1.165, 1.54) is 0 Å². The van der Waals surface area contributed by atoms with Crippen molar-refractivity contribution in [2.45, 2.75) is 0 Å². The van der Waals surface area contributed by atoms with Gasteiger partial charge in [0.05, 0.1) is 28.9 Å². The molecule has 3 aromatic rings. The Morgan fingerprint density at radius 2 is 1.85 bits per heavy atom. The monoisotopic (exact) mass is 261 g/mol. The molecule has 1 heterocycles. The van der Waals surface area contributed by atoms with Gasteiger partial charge in [-0.3, -0.25) is 4.98 Å². The molecule has 0 saturated carbocycles. The van der Waals surface area contributed by atoms with Crippen LogP contribution in [0.1, 0.15) is 5.56 Å². The number of aromatic nitrogens is 2. The van der Waals surface area contributed by atoms with E-state index in [4.69, 9.17) is 11.0 Å². The van der Waals surface area contributed by atoms with Gasteiger partial charge in [0.2, 0.25) is 0 Å². The second kappa shape index (κ2) is 4.86. The van der Waals surface area contributed by atoms with Crippen LogP contribution in [0.4, 0.5) is 17.2 Å². The van der Waals surface area contributed by atoms with Crippen molar-refractivity contribution in [1.82, 2.24) is 9.97 Å². The average molecular weight is 261 g/mol. The van der Waals surface area contributed by atoms with Gasteiger partial charge in [-0.1, -0.05) is 0 Å². The molecule has 3 rings (SSSR count). The van der Waals surface area contributed by atoms with E-state index in [2.05, 4.69) is 21.4 Å². The summed E-state index contributed by atoms with van der Waals surface area (Å²) in [4.78, 5) is 8.77. The predicted molar refractivity (Wildman–Crippen MR) is 78.4 cm³/mol. The Kier molecular flexibility index (Phi) is 2.90. The number of nitrogens with two attached hydrogens (primary N) is 1. The summed E-state index contributed by atoms with van der Waals surface area (Å²) in [6, 6.07) is 14.6. The first-order valence-corrected chi connectivity index (χ1v) is 6.04. The van der Waals surface area contributed by atoms with E-state index >= 15 is 0 Å². The molecule has 5 nitrogen and oxygen atoms in total. The van der Waals surface area contributed by atoms with Gasteiger partial charge in [0.25, 0.3) is 0 Å². The lowest BCUT2D eigenvalue weighted by Gasteiger charge is -2.06. The zero-order valence-corrected chi connectivity index (χ0v) is 10.5. The molecule has 0 atom stereocenters. The van der Waals surface area contributed by atoms with Crippen molar-refractivity contribution in [3.63, 3.8) is 0 Å². The zero-order chi connectivity index (χ0) is 13.9. The highest BCUT2D eigenvalue weighted by Crippen LogP contribution is 2.18. The number of hydrogen-bond donors (Lipinski definition) is 2. The van der Waals surface area contributed by atoms with Crippen LogP contribution in [0, 0.1) is 11.3 Å². The van der Waals surface area contributed by atoms with E-state index in [9.17, 15) is 0 Å². The maximum absolute atomic E-state index is 8.76. The Balaban J connectivity index is 1.92. The molecule has 0 bridgehead atoms. The normalized spacial score (nSPS) is 10.2. The summed E-state index contributed by atoms with van der Waals surface area (Å²) < 4.78 is 0. The summed E-state index contributed by atoms with van der Waals surface area (Å²) in [7, 11) is 0. The summed E-state index contributed by atoms with van der Waals surface area (Å²) in [6.45, 7) is 0. The maximum atomic E-state index is 8.76. The Bertz CT molecular complexity index is 803. The summed E-state index contributed by atoms with van der Waals surface area (Å²) in [6.07, 6.45) is 1.66. The molecule has 0 spiro atoms. The number of nitrogen functional groups attached to an aromatic ring is 1. The van der Waals surface area contributed by atoms with Gasteiger partial charge in [-0.2, -0.15) is 5.26 Å². The molecule has 2 aromatic carbocycles. The minimum absolute atomic E-state index is 0.618. The molecule has 3 N–H and O–H groups in total. The Morgan fingerprint density at radius 1 is 1.05 bits per heavy atom. The number of anilines is 3. The largest absolute Gasteiger partial charge is 0.399 e. The quantitative estimate of drug-likeness (QED) is 0.692. The third kappa shape index (κ3) is 2.35. The molecular weight excluding hydrogens is 250 g/mol. The van der Waals surface area contributed by atoms with Crippen LogP contribution in [0.5, 0.6) is 0 Å². The van der Waals surface area contributed by atoms with E-state index in [1.807, 2.05) is 18.2 Å². The number of fused-ring (bicyclic) bond motifs is 1. The van der Waals surface area contributed by atoms with Crippen LogP contribution in [0.25, 0.3) is 11.0 Å². The minimum atomic E-state index is 0.618. The first kappa shape index (κ1) is 11.9. The first-order chi connectivity index (χ1) is 9.74. The molecule has 0 unspecified atom stereocenters. The molecule has 0 amide bonds. The standard InChI is InChI=1S/C15H11N5/c16-8-10-1-4-12(5-2-10)19-15-9-18-13-6-3-11(17)7-14(13)20-15/h1-7,9H,17H2,(H,19,20). The number of hydrogen-bond acceptors (Lipinski definition) is 5. The van der Waals surface area contributed by atoms with Gasteiger partial charge in [0, 0.05) is 11.4 Å². The van der Waals surface area contributed by atoms with E-state index in [1.54, 1.807) is 30.5 Å². The van der Waals surface area contributed by atoms with Crippen LogP contribution in [0.2, 0.25) is 0 Å². The van der Waals surface area contributed by atoms with Gasteiger partial charge < -0.3 is 11.1 Å². The molecule has 0 aliphatic carbocycles. The van der Waals surface area contributed by atoms with Gasteiger partial charge in [0.15, 0.2) is 0 Å². The van der Waals surface area contributed by atoms with Crippen molar-refractivity contribution in [2.75, 3.05) is 11.1 Å². The molecule has 0 fully saturated rings. The second-order valence-corrected chi connectivity index (χ2v) is 4.32. The van der Waals surface area contributed by atoms with E-state index in [-0.39, 0.29) is 0 Å². The van der Waals surface area contributed by atoms with Crippen LogP contribution in [-0.2, 0) is 0 Å². The van der Waals surface area contributed by atoms with Crippen molar-refractivity contribution in [3.8, 4) is 6.07 Å². The minimum Gasteiger partial charge on any atom is -0.399 e. The number of rotatable bonds is 2. The highest BCUT2D eigenvalue weighted by Gasteiger charge is 2.01. The van der Waals surface area contributed by atoms with Gasteiger partial charge in [-0.25, -0.2) is 4.98 Å². The van der Waals surface area contributed by atoms with E-state index in [0.29, 0.717) is 17.1 Å². The smallest absolute Gasteiger partial charge is 0.149 e. The molecule has 0 radical (unpaired) electrons. The van der Waals surface area contributed by atoms with Crippen LogP contribution in [0.15, 0.2) is 48.7 Å². The van der Waals surface area contributed by atoms with Gasteiger partial charge in [0.1, 0.15) is 5.82 Å². The molecule has 96 valence electrons. The fraction of sp³-hybridized carbons (Fsp3) is 0. The molecule has 0 aliphatic rings. The summed E-state index contributed by atoms with van der Waals surface area (Å²) in [5.41, 5.74) is 9.40. The van der Waals surface area contributed by atoms with Gasteiger partial charge >= 0.3 is 0 Å². The maximum Gasteiger partial charge on any atom is 0.149 e.